The van der Waals surface area contributed by atoms with Crippen LogP contribution in [0.25, 0.3) is 0 Å². The van der Waals surface area contributed by atoms with Crippen molar-refractivity contribution in [2.24, 2.45) is 5.92 Å². The molecule has 0 saturated heterocycles. The van der Waals surface area contributed by atoms with Gasteiger partial charge in [-0.1, -0.05) is 35.8 Å². The average Bonchev–Trinajstić information content (AvgIpc) is 2.36. The van der Waals surface area contributed by atoms with Gasteiger partial charge in [-0.25, -0.2) is 8.42 Å². The predicted molar refractivity (Wildman–Crippen MR) is 82.7 cm³/mol. The average molecular weight is 359 g/mol. The lowest BCUT2D eigenvalue weighted by molar-refractivity contribution is 0.372. The molecule has 110 valence electrons. The van der Waals surface area contributed by atoms with Crippen molar-refractivity contribution in [2.45, 2.75) is 32.1 Å². The van der Waals surface area contributed by atoms with Gasteiger partial charge in [0.2, 0.25) is 10.0 Å². The first-order valence-electron chi connectivity index (χ1n) is 6.42. The Morgan fingerprint density at radius 2 is 2.05 bits per heavy atom. The Balaban J connectivity index is 3.21. The molecular formula is C14H19BrN2O2S. The van der Waals surface area contributed by atoms with Crippen LogP contribution in [-0.2, 0) is 10.0 Å². The summed E-state index contributed by atoms with van der Waals surface area (Å²) in [5, 5.41) is 8.71. The predicted octanol–water partition coefficient (Wildman–Crippen LogP) is 3.32. The van der Waals surface area contributed by atoms with Crippen molar-refractivity contribution >= 4 is 26.0 Å². The molecule has 1 rings (SSSR count). The maximum Gasteiger partial charge on any atom is 0.243 e. The second-order valence-electron chi connectivity index (χ2n) is 5.07. The molecule has 1 aromatic rings. The maximum atomic E-state index is 12.7. The molecule has 20 heavy (non-hydrogen) atoms. The summed E-state index contributed by atoms with van der Waals surface area (Å²) >= 11 is 3.31. The van der Waals surface area contributed by atoms with Gasteiger partial charge in [-0.05, 0) is 30.5 Å². The largest absolute Gasteiger partial charge is 0.243 e. The standard InChI is InChI=1S/C14H19BrN2O2S/c1-11(2)10-17(8-4-7-16)20(18,19)14-9-13(15)6-5-12(14)3/h5-6,9,11H,4,8,10H2,1-3H3. The third-order valence-electron chi connectivity index (χ3n) is 2.81. The molecule has 0 fully saturated rings. The highest BCUT2D eigenvalue weighted by atomic mass is 79.9. The van der Waals surface area contributed by atoms with E-state index in [9.17, 15) is 8.42 Å². The minimum Gasteiger partial charge on any atom is -0.207 e. The third kappa shape index (κ3) is 4.30. The van der Waals surface area contributed by atoms with Gasteiger partial charge in [0.15, 0.2) is 0 Å². The SMILES string of the molecule is Cc1ccc(Br)cc1S(=O)(=O)N(CCC#N)CC(C)C. The highest BCUT2D eigenvalue weighted by molar-refractivity contribution is 9.10. The molecule has 0 bridgehead atoms. The van der Waals surface area contributed by atoms with Crippen molar-refractivity contribution in [1.82, 2.24) is 4.31 Å². The van der Waals surface area contributed by atoms with Gasteiger partial charge in [0.25, 0.3) is 0 Å². The summed E-state index contributed by atoms with van der Waals surface area (Å²) in [5.74, 6) is 0.205. The Labute approximate surface area is 129 Å². The molecule has 0 heterocycles. The first-order chi connectivity index (χ1) is 9.28. The van der Waals surface area contributed by atoms with Gasteiger partial charge < -0.3 is 0 Å². The number of sulfonamides is 1. The van der Waals surface area contributed by atoms with Gasteiger partial charge in [-0.2, -0.15) is 9.57 Å². The topological polar surface area (TPSA) is 61.2 Å². The van der Waals surface area contributed by atoms with Gasteiger partial charge in [-0.3, -0.25) is 0 Å². The fraction of sp³-hybridized carbons (Fsp3) is 0.500. The molecule has 0 atom stereocenters. The molecule has 0 aliphatic heterocycles. The molecule has 0 aliphatic rings. The molecule has 0 saturated carbocycles. The molecule has 0 radical (unpaired) electrons. The van der Waals surface area contributed by atoms with Crippen molar-refractivity contribution in [3.05, 3.63) is 28.2 Å². The van der Waals surface area contributed by atoms with Crippen LogP contribution in [0.2, 0.25) is 0 Å². The summed E-state index contributed by atoms with van der Waals surface area (Å²) in [6.07, 6.45) is 0.193. The molecule has 6 heteroatoms. The molecule has 0 spiro atoms. The molecular weight excluding hydrogens is 340 g/mol. The van der Waals surface area contributed by atoms with Gasteiger partial charge >= 0.3 is 0 Å². The minimum atomic E-state index is -3.57. The normalized spacial score (nSPS) is 11.8. The number of nitrogens with zero attached hydrogens (tertiary/aromatic N) is 2. The summed E-state index contributed by atoms with van der Waals surface area (Å²) in [6.45, 7) is 6.33. The zero-order valence-electron chi connectivity index (χ0n) is 11.9. The van der Waals surface area contributed by atoms with E-state index < -0.39 is 10.0 Å². The third-order valence-corrected chi connectivity index (χ3v) is 5.31. The summed E-state index contributed by atoms with van der Waals surface area (Å²) in [7, 11) is -3.57. The highest BCUT2D eigenvalue weighted by Crippen LogP contribution is 2.24. The summed E-state index contributed by atoms with van der Waals surface area (Å²) in [4.78, 5) is 0.297. The molecule has 0 unspecified atom stereocenters. The van der Waals surface area contributed by atoms with Crippen LogP contribution in [0.15, 0.2) is 27.6 Å². The van der Waals surface area contributed by atoms with E-state index in [1.165, 1.54) is 4.31 Å². The second kappa shape index (κ2) is 7.21. The number of aryl methyl sites for hydroxylation is 1. The second-order valence-corrected chi connectivity index (χ2v) is 7.90. The maximum absolute atomic E-state index is 12.7. The molecule has 1 aromatic carbocycles. The van der Waals surface area contributed by atoms with Crippen molar-refractivity contribution in [3.63, 3.8) is 0 Å². The van der Waals surface area contributed by atoms with Gasteiger partial charge in [0, 0.05) is 24.0 Å². The van der Waals surface area contributed by atoms with Crippen molar-refractivity contribution in [1.29, 1.82) is 5.26 Å². The van der Waals surface area contributed by atoms with Crippen LogP contribution in [0.4, 0.5) is 0 Å². The Bertz CT molecular complexity index is 606. The molecule has 0 aromatic heterocycles. The zero-order valence-corrected chi connectivity index (χ0v) is 14.3. The van der Waals surface area contributed by atoms with Crippen LogP contribution < -0.4 is 0 Å². The smallest absolute Gasteiger partial charge is 0.207 e. The fourth-order valence-corrected chi connectivity index (χ4v) is 4.25. The molecule has 0 aliphatic carbocycles. The van der Waals surface area contributed by atoms with E-state index in [1.54, 1.807) is 19.1 Å². The number of rotatable bonds is 6. The fourth-order valence-electron chi connectivity index (χ4n) is 1.88. The van der Waals surface area contributed by atoms with Crippen LogP contribution in [0.5, 0.6) is 0 Å². The lowest BCUT2D eigenvalue weighted by atomic mass is 10.2. The molecule has 0 amide bonds. The van der Waals surface area contributed by atoms with Crippen LogP contribution in [0.1, 0.15) is 25.8 Å². The van der Waals surface area contributed by atoms with Crippen molar-refractivity contribution < 1.29 is 8.42 Å². The van der Waals surface area contributed by atoms with Gasteiger partial charge in [0.1, 0.15) is 0 Å². The highest BCUT2D eigenvalue weighted by Gasteiger charge is 2.26. The lowest BCUT2D eigenvalue weighted by Gasteiger charge is -2.24. The van der Waals surface area contributed by atoms with Crippen LogP contribution >= 0.6 is 15.9 Å². The summed E-state index contributed by atoms with van der Waals surface area (Å²) in [6, 6.07) is 7.21. The van der Waals surface area contributed by atoms with E-state index in [2.05, 4.69) is 15.9 Å². The summed E-state index contributed by atoms with van der Waals surface area (Å²) < 4.78 is 27.6. The lowest BCUT2D eigenvalue weighted by Crippen LogP contribution is -2.35. The summed E-state index contributed by atoms with van der Waals surface area (Å²) in [5.41, 5.74) is 0.707. The number of halogens is 1. The number of nitriles is 1. The first-order valence-corrected chi connectivity index (χ1v) is 8.65. The van der Waals surface area contributed by atoms with Crippen molar-refractivity contribution in [2.75, 3.05) is 13.1 Å². The van der Waals surface area contributed by atoms with E-state index in [-0.39, 0.29) is 18.9 Å². The van der Waals surface area contributed by atoms with Gasteiger partial charge in [0.05, 0.1) is 11.0 Å². The Hall–Kier alpha value is -0.900. The Kier molecular flexibility index (Phi) is 6.18. The van der Waals surface area contributed by atoms with E-state index in [4.69, 9.17) is 5.26 Å². The van der Waals surface area contributed by atoms with Crippen LogP contribution in [-0.4, -0.2) is 25.8 Å². The van der Waals surface area contributed by atoms with Crippen molar-refractivity contribution in [3.8, 4) is 6.07 Å². The Morgan fingerprint density at radius 1 is 1.40 bits per heavy atom. The van der Waals surface area contributed by atoms with E-state index in [1.807, 2.05) is 26.0 Å². The van der Waals surface area contributed by atoms with Crippen LogP contribution in [0.3, 0.4) is 0 Å². The Morgan fingerprint density at radius 3 is 2.60 bits per heavy atom. The minimum absolute atomic E-state index is 0.193. The quantitative estimate of drug-likeness (QED) is 0.783. The van der Waals surface area contributed by atoms with E-state index in [0.29, 0.717) is 17.0 Å². The number of benzene rings is 1. The number of hydrogen-bond acceptors (Lipinski definition) is 3. The monoisotopic (exact) mass is 358 g/mol. The van der Waals surface area contributed by atoms with Gasteiger partial charge in [-0.15, -0.1) is 0 Å². The first kappa shape index (κ1) is 17.2. The van der Waals surface area contributed by atoms with Crippen LogP contribution in [0, 0.1) is 24.2 Å². The number of hydrogen-bond donors (Lipinski definition) is 0. The molecule has 4 nitrogen and oxygen atoms in total. The zero-order chi connectivity index (χ0) is 15.3. The molecule has 0 N–H and O–H groups in total. The van der Waals surface area contributed by atoms with E-state index >= 15 is 0 Å². The van der Waals surface area contributed by atoms with E-state index in [0.717, 1.165) is 4.47 Å².